The Balaban J connectivity index is 1.29. The van der Waals surface area contributed by atoms with E-state index in [0.29, 0.717) is 52.9 Å². The molecule has 9 nitrogen and oxygen atoms in total. The largest absolute Gasteiger partial charge is 0.493 e. The first-order chi connectivity index (χ1) is 19.3. The maximum atomic E-state index is 12.3. The molecule has 0 bridgehead atoms. The van der Waals surface area contributed by atoms with Crippen LogP contribution in [0.4, 0.5) is 11.6 Å². The van der Waals surface area contributed by atoms with Crippen LogP contribution in [0, 0.1) is 23.2 Å². The van der Waals surface area contributed by atoms with Crippen LogP contribution in [0.5, 0.6) is 11.6 Å². The van der Waals surface area contributed by atoms with E-state index < -0.39 is 0 Å². The normalized spacial score (nSPS) is 12.8. The molecule has 4 heterocycles. The lowest BCUT2D eigenvalue weighted by atomic mass is 9.96. The van der Waals surface area contributed by atoms with Gasteiger partial charge in [0.05, 0.1) is 18.8 Å². The summed E-state index contributed by atoms with van der Waals surface area (Å²) in [6.07, 6.45) is 6.90. The maximum absolute atomic E-state index is 12.3. The highest BCUT2D eigenvalue weighted by molar-refractivity contribution is 6.29. The van der Waals surface area contributed by atoms with Crippen molar-refractivity contribution < 1.29 is 14.3 Å². The van der Waals surface area contributed by atoms with Crippen LogP contribution in [-0.2, 0) is 4.79 Å². The molecule has 0 unspecified atom stereocenters. The molecule has 0 aromatic carbocycles. The molecular weight excluding hydrogens is 528 g/mol. The van der Waals surface area contributed by atoms with E-state index >= 15 is 0 Å². The fraction of sp³-hybridized carbons (Fsp3) is 0.300. The van der Waals surface area contributed by atoms with Crippen molar-refractivity contribution in [2.75, 3.05) is 30.9 Å². The fourth-order valence-corrected chi connectivity index (χ4v) is 3.99. The van der Waals surface area contributed by atoms with E-state index in [1.54, 1.807) is 56.0 Å². The minimum atomic E-state index is -0.292. The molecular formula is C30H29ClN6O3. The molecule has 2 N–H and O–H groups in total. The lowest BCUT2D eigenvalue weighted by Gasteiger charge is -2.24. The number of carbonyl (C=O) groups is 1. The SMILES string of the molecule is CNc1ncc(C#Cc2cc(OCC(C)(C)COc3cccc(Cl)n3)ccn2)c2cc(NC(=O)C3CC3)ncc12. The Morgan fingerprint density at radius 1 is 1.05 bits per heavy atom. The number of halogens is 1. The molecule has 0 saturated heterocycles. The third kappa shape index (κ3) is 6.96. The molecule has 204 valence electrons. The van der Waals surface area contributed by atoms with E-state index in [1.807, 2.05) is 19.9 Å². The van der Waals surface area contributed by atoms with Crippen LogP contribution in [-0.4, -0.2) is 46.1 Å². The van der Waals surface area contributed by atoms with Crippen molar-refractivity contribution in [3.8, 4) is 23.5 Å². The van der Waals surface area contributed by atoms with Crippen molar-refractivity contribution in [2.45, 2.75) is 26.7 Å². The van der Waals surface area contributed by atoms with Crippen LogP contribution in [0.2, 0.25) is 5.15 Å². The Hall–Kier alpha value is -4.42. The summed E-state index contributed by atoms with van der Waals surface area (Å²) in [4.78, 5) is 29.7. The first kappa shape index (κ1) is 27.2. The van der Waals surface area contributed by atoms with Gasteiger partial charge in [-0.05, 0) is 37.0 Å². The Bertz CT molecular complexity index is 1610. The van der Waals surface area contributed by atoms with Gasteiger partial charge in [-0.3, -0.25) is 4.79 Å². The molecule has 4 aromatic rings. The molecule has 0 aliphatic heterocycles. The molecule has 1 saturated carbocycles. The number of nitrogens with zero attached hydrogens (tertiary/aromatic N) is 4. The molecule has 40 heavy (non-hydrogen) atoms. The number of anilines is 2. The van der Waals surface area contributed by atoms with Gasteiger partial charge in [0.1, 0.15) is 28.2 Å². The van der Waals surface area contributed by atoms with Crippen molar-refractivity contribution in [2.24, 2.45) is 11.3 Å². The monoisotopic (exact) mass is 556 g/mol. The molecule has 1 amide bonds. The van der Waals surface area contributed by atoms with Crippen LogP contribution in [0.25, 0.3) is 10.8 Å². The summed E-state index contributed by atoms with van der Waals surface area (Å²) in [7, 11) is 1.80. The number of ether oxygens (including phenoxy) is 2. The summed E-state index contributed by atoms with van der Waals surface area (Å²) in [5.41, 5.74) is 0.954. The topological polar surface area (TPSA) is 111 Å². The van der Waals surface area contributed by atoms with Crippen molar-refractivity contribution in [1.82, 2.24) is 19.9 Å². The van der Waals surface area contributed by atoms with Crippen LogP contribution in [0.3, 0.4) is 0 Å². The van der Waals surface area contributed by atoms with E-state index in [9.17, 15) is 4.79 Å². The number of nitrogens with one attached hydrogen (secondary N) is 2. The highest BCUT2D eigenvalue weighted by atomic mass is 35.5. The summed E-state index contributed by atoms with van der Waals surface area (Å²) in [5, 5.41) is 8.00. The summed E-state index contributed by atoms with van der Waals surface area (Å²) in [6, 6.07) is 10.7. The molecule has 1 aliphatic carbocycles. The maximum Gasteiger partial charge on any atom is 0.228 e. The van der Waals surface area contributed by atoms with Gasteiger partial charge < -0.3 is 20.1 Å². The number of carbonyl (C=O) groups excluding carboxylic acids is 1. The van der Waals surface area contributed by atoms with Crippen LogP contribution >= 0.6 is 11.6 Å². The molecule has 10 heteroatoms. The Kier molecular flexibility index (Phi) is 7.99. The van der Waals surface area contributed by atoms with Gasteiger partial charge >= 0.3 is 0 Å². The van der Waals surface area contributed by atoms with Gasteiger partial charge in [0.2, 0.25) is 11.8 Å². The van der Waals surface area contributed by atoms with E-state index in [0.717, 1.165) is 23.6 Å². The summed E-state index contributed by atoms with van der Waals surface area (Å²) in [6.45, 7) is 4.90. The molecule has 4 aromatic heterocycles. The highest BCUT2D eigenvalue weighted by Gasteiger charge is 2.29. The van der Waals surface area contributed by atoms with Crippen LogP contribution in [0.15, 0.2) is 55.0 Å². The number of hydrogen-bond donors (Lipinski definition) is 2. The molecule has 0 spiro atoms. The highest BCUT2D eigenvalue weighted by Crippen LogP contribution is 2.31. The molecule has 1 fully saturated rings. The second-order valence-electron chi connectivity index (χ2n) is 10.3. The Morgan fingerprint density at radius 3 is 2.65 bits per heavy atom. The number of fused-ring (bicyclic) bond motifs is 1. The Labute approximate surface area is 237 Å². The first-order valence-electron chi connectivity index (χ1n) is 12.9. The minimum absolute atomic E-state index is 0.000681. The summed E-state index contributed by atoms with van der Waals surface area (Å²) < 4.78 is 11.8. The number of pyridine rings is 4. The van der Waals surface area contributed by atoms with Gasteiger partial charge in [-0.25, -0.2) is 19.9 Å². The van der Waals surface area contributed by atoms with Crippen LogP contribution < -0.4 is 20.1 Å². The predicted octanol–water partition coefficient (Wildman–Crippen LogP) is 5.35. The van der Waals surface area contributed by atoms with E-state index in [4.69, 9.17) is 21.1 Å². The first-order valence-corrected chi connectivity index (χ1v) is 13.3. The third-order valence-electron chi connectivity index (χ3n) is 6.19. The van der Waals surface area contributed by atoms with Crippen molar-refractivity contribution in [3.05, 3.63) is 71.4 Å². The van der Waals surface area contributed by atoms with Crippen molar-refractivity contribution >= 4 is 39.9 Å². The average Bonchev–Trinajstić information content (AvgIpc) is 3.80. The second-order valence-corrected chi connectivity index (χ2v) is 10.7. The van der Waals surface area contributed by atoms with Gasteiger partial charge in [0.15, 0.2) is 0 Å². The van der Waals surface area contributed by atoms with Crippen molar-refractivity contribution in [3.63, 3.8) is 0 Å². The van der Waals surface area contributed by atoms with E-state index in [-0.39, 0.29) is 17.2 Å². The Morgan fingerprint density at radius 2 is 1.88 bits per heavy atom. The quantitative estimate of drug-likeness (QED) is 0.210. The molecule has 1 aliphatic rings. The zero-order chi connectivity index (χ0) is 28.1. The van der Waals surface area contributed by atoms with Gasteiger partial charge in [0.25, 0.3) is 0 Å². The molecule has 0 atom stereocenters. The second kappa shape index (κ2) is 11.8. The molecule has 0 radical (unpaired) electrons. The van der Waals surface area contributed by atoms with Gasteiger partial charge in [-0.15, -0.1) is 0 Å². The van der Waals surface area contributed by atoms with Gasteiger partial charge in [0, 0.05) is 59.9 Å². The lowest BCUT2D eigenvalue weighted by molar-refractivity contribution is -0.117. The zero-order valence-corrected chi connectivity index (χ0v) is 23.2. The van der Waals surface area contributed by atoms with Gasteiger partial charge in [-0.2, -0.15) is 0 Å². The fourth-order valence-electron chi connectivity index (χ4n) is 3.84. The minimum Gasteiger partial charge on any atom is -0.493 e. The number of amides is 1. The number of hydrogen-bond acceptors (Lipinski definition) is 8. The standard InChI is InChI=1S/C30H29ClN6O3/c1-30(2,18-40-27-6-4-5-25(31)36-27)17-39-22-11-12-33-21(13-22)10-9-20-15-35-28(32-3)24-16-34-26(14-23(20)24)37-29(38)19-7-8-19/h4-6,11-16,19H,7-8,17-18H2,1-3H3,(H,32,35)(H,34,37,38). The average molecular weight is 557 g/mol. The van der Waals surface area contributed by atoms with Gasteiger partial charge in [-0.1, -0.05) is 37.4 Å². The number of aromatic nitrogens is 4. The zero-order valence-electron chi connectivity index (χ0n) is 22.5. The van der Waals surface area contributed by atoms with E-state index in [1.165, 1.54) is 0 Å². The van der Waals surface area contributed by atoms with Crippen LogP contribution in [0.1, 0.15) is 37.9 Å². The number of rotatable bonds is 9. The van der Waals surface area contributed by atoms with E-state index in [2.05, 4.69) is 42.4 Å². The lowest BCUT2D eigenvalue weighted by Crippen LogP contribution is -2.29. The summed E-state index contributed by atoms with van der Waals surface area (Å²) in [5.74, 6) is 8.67. The van der Waals surface area contributed by atoms with Crippen molar-refractivity contribution in [1.29, 1.82) is 0 Å². The predicted molar refractivity (Wildman–Crippen MR) is 155 cm³/mol. The smallest absolute Gasteiger partial charge is 0.228 e. The third-order valence-corrected chi connectivity index (χ3v) is 6.41. The summed E-state index contributed by atoms with van der Waals surface area (Å²) >= 11 is 5.94. The molecule has 5 rings (SSSR count).